The summed E-state index contributed by atoms with van der Waals surface area (Å²) in [6.45, 7) is 0.416. The first-order valence-corrected chi connectivity index (χ1v) is 12.7. The Morgan fingerprint density at radius 3 is 2.51 bits per heavy atom. The van der Waals surface area contributed by atoms with Gasteiger partial charge in [-0.1, -0.05) is 83.8 Å². The van der Waals surface area contributed by atoms with Crippen LogP contribution in [0.4, 0.5) is 5.13 Å². The van der Waals surface area contributed by atoms with Gasteiger partial charge in [-0.05, 0) is 17.5 Å². The number of aromatic nitrogens is 5. The van der Waals surface area contributed by atoms with Crippen molar-refractivity contribution in [3.63, 3.8) is 0 Å². The Balaban J connectivity index is 1.32. The van der Waals surface area contributed by atoms with E-state index in [4.69, 9.17) is 0 Å². The lowest BCUT2D eigenvalue weighted by Gasteiger charge is -2.12. The molecule has 35 heavy (non-hydrogen) atoms. The summed E-state index contributed by atoms with van der Waals surface area (Å²) in [6.07, 6.45) is 5.37. The van der Waals surface area contributed by atoms with Crippen LogP contribution in [0.15, 0.2) is 89.2 Å². The lowest BCUT2D eigenvalue weighted by atomic mass is 10.1. The standard InChI is InChI=1S/C25H20N6O2S2/c32-20(29-24-28-15-19(35-24)18-9-5-2-6-10-18)16-34-25-30-22-21(26-12-13-27-22)23(33)31(25)14-11-17-7-3-1-4-8-17/h1-10,12-13,15H,11,14,16H2,(H,28,29,32). The molecule has 0 saturated carbocycles. The van der Waals surface area contributed by atoms with Crippen molar-refractivity contribution in [1.29, 1.82) is 0 Å². The number of aryl methyl sites for hydroxylation is 1. The van der Waals surface area contributed by atoms with E-state index >= 15 is 0 Å². The molecule has 3 heterocycles. The third kappa shape index (κ3) is 5.44. The summed E-state index contributed by atoms with van der Waals surface area (Å²) in [4.78, 5) is 44.0. The Bertz CT molecular complexity index is 1520. The number of nitrogens with zero attached hydrogens (tertiary/aromatic N) is 5. The smallest absolute Gasteiger partial charge is 0.282 e. The van der Waals surface area contributed by atoms with Crippen molar-refractivity contribution in [3.8, 4) is 10.4 Å². The number of nitrogens with one attached hydrogen (secondary N) is 1. The molecule has 0 radical (unpaired) electrons. The number of rotatable bonds is 8. The monoisotopic (exact) mass is 500 g/mol. The maximum atomic E-state index is 13.1. The van der Waals surface area contributed by atoms with Gasteiger partial charge >= 0.3 is 0 Å². The number of hydrogen-bond acceptors (Lipinski definition) is 8. The quantitative estimate of drug-likeness (QED) is 0.251. The Labute approximate surface area is 209 Å². The van der Waals surface area contributed by atoms with E-state index in [9.17, 15) is 9.59 Å². The predicted octanol–water partition coefficient (Wildman–Crippen LogP) is 4.28. The number of thiazole rings is 1. The van der Waals surface area contributed by atoms with Crippen molar-refractivity contribution in [2.24, 2.45) is 0 Å². The second-order valence-electron chi connectivity index (χ2n) is 7.55. The maximum absolute atomic E-state index is 13.1. The van der Waals surface area contributed by atoms with Gasteiger partial charge in [-0.25, -0.2) is 19.9 Å². The number of carbonyl (C=O) groups is 1. The predicted molar refractivity (Wildman–Crippen MR) is 139 cm³/mol. The third-order valence-corrected chi connectivity index (χ3v) is 7.11. The van der Waals surface area contributed by atoms with Crippen LogP contribution in [0.1, 0.15) is 5.56 Å². The molecular formula is C25H20N6O2S2. The zero-order valence-corrected chi connectivity index (χ0v) is 20.1. The zero-order chi connectivity index (χ0) is 24.0. The molecule has 0 aliphatic rings. The summed E-state index contributed by atoms with van der Waals surface area (Å²) < 4.78 is 1.57. The van der Waals surface area contributed by atoms with E-state index in [2.05, 4.69) is 25.3 Å². The number of amides is 1. The van der Waals surface area contributed by atoms with Crippen molar-refractivity contribution < 1.29 is 4.79 Å². The van der Waals surface area contributed by atoms with E-state index in [1.807, 2.05) is 60.7 Å². The Morgan fingerprint density at radius 2 is 1.71 bits per heavy atom. The fourth-order valence-corrected chi connectivity index (χ4v) is 5.13. The van der Waals surface area contributed by atoms with Crippen molar-refractivity contribution >= 4 is 45.3 Å². The average Bonchev–Trinajstić information content (AvgIpc) is 3.36. The van der Waals surface area contributed by atoms with E-state index in [0.29, 0.717) is 23.3 Å². The Kier molecular flexibility index (Phi) is 6.92. The third-order valence-electron chi connectivity index (χ3n) is 5.17. The Morgan fingerprint density at radius 1 is 0.971 bits per heavy atom. The van der Waals surface area contributed by atoms with Crippen LogP contribution in [0.25, 0.3) is 21.6 Å². The molecule has 2 aromatic carbocycles. The summed E-state index contributed by atoms with van der Waals surface area (Å²) in [6, 6.07) is 19.8. The van der Waals surface area contributed by atoms with Crippen LogP contribution >= 0.6 is 23.1 Å². The fourth-order valence-electron chi connectivity index (χ4n) is 3.48. The van der Waals surface area contributed by atoms with Gasteiger partial charge in [0.1, 0.15) is 0 Å². The molecule has 5 rings (SSSR count). The molecule has 8 nitrogen and oxygen atoms in total. The summed E-state index contributed by atoms with van der Waals surface area (Å²) in [5, 5.41) is 3.79. The summed E-state index contributed by atoms with van der Waals surface area (Å²) in [5.74, 6) is -0.156. The van der Waals surface area contributed by atoms with Crippen molar-refractivity contribution in [3.05, 3.63) is 95.2 Å². The van der Waals surface area contributed by atoms with E-state index in [1.165, 1.54) is 35.5 Å². The minimum Gasteiger partial charge on any atom is -0.301 e. The molecule has 5 aromatic rings. The van der Waals surface area contributed by atoms with Gasteiger partial charge in [-0.3, -0.25) is 14.2 Å². The van der Waals surface area contributed by atoms with Gasteiger partial charge in [0.15, 0.2) is 21.5 Å². The molecule has 0 aliphatic heterocycles. The second kappa shape index (κ2) is 10.6. The molecule has 0 bridgehead atoms. The van der Waals surface area contributed by atoms with Gasteiger partial charge in [-0.2, -0.15) is 0 Å². The highest BCUT2D eigenvalue weighted by atomic mass is 32.2. The largest absolute Gasteiger partial charge is 0.301 e. The zero-order valence-electron chi connectivity index (χ0n) is 18.5. The molecule has 10 heteroatoms. The maximum Gasteiger partial charge on any atom is 0.282 e. The van der Waals surface area contributed by atoms with Gasteiger partial charge in [0.2, 0.25) is 5.91 Å². The highest BCUT2D eigenvalue weighted by Crippen LogP contribution is 2.28. The van der Waals surface area contributed by atoms with Gasteiger partial charge in [0.25, 0.3) is 5.56 Å². The van der Waals surface area contributed by atoms with E-state index in [0.717, 1.165) is 16.0 Å². The SMILES string of the molecule is O=C(CSc1nc2nccnc2c(=O)n1CCc1ccccc1)Nc1ncc(-c2ccccc2)s1. The van der Waals surface area contributed by atoms with Gasteiger partial charge in [0, 0.05) is 25.1 Å². The molecular weight excluding hydrogens is 480 g/mol. The second-order valence-corrected chi connectivity index (χ2v) is 9.52. The molecule has 0 unspecified atom stereocenters. The van der Waals surface area contributed by atoms with Crippen LogP contribution in [0.2, 0.25) is 0 Å². The minimum atomic E-state index is -0.269. The number of hydrogen-bond donors (Lipinski definition) is 1. The summed E-state index contributed by atoms with van der Waals surface area (Å²) in [7, 11) is 0. The average molecular weight is 501 g/mol. The number of thioether (sulfide) groups is 1. The van der Waals surface area contributed by atoms with Crippen LogP contribution in [0.5, 0.6) is 0 Å². The van der Waals surface area contributed by atoms with Gasteiger partial charge in [-0.15, -0.1) is 0 Å². The highest BCUT2D eigenvalue weighted by Gasteiger charge is 2.16. The fraction of sp³-hybridized carbons (Fsp3) is 0.120. The molecule has 0 saturated heterocycles. The van der Waals surface area contributed by atoms with Gasteiger partial charge < -0.3 is 5.32 Å². The van der Waals surface area contributed by atoms with Crippen LogP contribution in [0, 0.1) is 0 Å². The molecule has 1 N–H and O–H groups in total. The molecule has 174 valence electrons. The highest BCUT2D eigenvalue weighted by molar-refractivity contribution is 7.99. The van der Waals surface area contributed by atoms with Crippen LogP contribution in [-0.4, -0.2) is 36.2 Å². The molecule has 3 aromatic heterocycles. The van der Waals surface area contributed by atoms with Crippen molar-refractivity contribution in [1.82, 2.24) is 24.5 Å². The summed E-state index contributed by atoms with van der Waals surface area (Å²) >= 11 is 2.60. The summed E-state index contributed by atoms with van der Waals surface area (Å²) in [5.41, 5.74) is 2.36. The first-order chi connectivity index (χ1) is 17.2. The topological polar surface area (TPSA) is 103 Å². The first-order valence-electron chi connectivity index (χ1n) is 10.9. The van der Waals surface area contributed by atoms with E-state index in [1.54, 1.807) is 10.8 Å². The molecule has 1 amide bonds. The van der Waals surface area contributed by atoms with E-state index in [-0.39, 0.29) is 28.4 Å². The normalized spacial score (nSPS) is 11.0. The molecule has 0 aliphatic carbocycles. The van der Waals surface area contributed by atoms with Crippen LogP contribution < -0.4 is 10.9 Å². The lowest BCUT2D eigenvalue weighted by molar-refractivity contribution is -0.113. The lowest BCUT2D eigenvalue weighted by Crippen LogP contribution is -2.26. The van der Waals surface area contributed by atoms with Gasteiger partial charge in [0.05, 0.1) is 10.6 Å². The van der Waals surface area contributed by atoms with E-state index < -0.39 is 0 Å². The van der Waals surface area contributed by atoms with Crippen molar-refractivity contribution in [2.45, 2.75) is 18.1 Å². The number of carbonyl (C=O) groups excluding carboxylic acids is 1. The number of fused-ring (bicyclic) bond motifs is 1. The number of benzene rings is 2. The Hall–Kier alpha value is -3.89. The van der Waals surface area contributed by atoms with Crippen LogP contribution in [0.3, 0.4) is 0 Å². The van der Waals surface area contributed by atoms with Crippen LogP contribution in [-0.2, 0) is 17.8 Å². The minimum absolute atomic E-state index is 0.0732. The van der Waals surface area contributed by atoms with Crippen molar-refractivity contribution in [2.75, 3.05) is 11.1 Å². The molecule has 0 fully saturated rings. The first kappa shape index (κ1) is 22.9. The molecule has 0 spiro atoms. The molecule has 0 atom stereocenters. The number of anilines is 1.